The van der Waals surface area contributed by atoms with Crippen LogP contribution in [0.3, 0.4) is 0 Å². The van der Waals surface area contributed by atoms with Gasteiger partial charge in [0.25, 0.3) is 0 Å². The zero-order valence-electron chi connectivity index (χ0n) is 13.7. The van der Waals surface area contributed by atoms with Gasteiger partial charge in [-0.3, -0.25) is 4.90 Å². The number of aliphatic hydroxyl groups excluding tert-OH is 1. The van der Waals surface area contributed by atoms with Crippen LogP contribution in [0.25, 0.3) is 0 Å². The van der Waals surface area contributed by atoms with Crippen LogP contribution in [0, 0.1) is 0 Å². The molecule has 1 aliphatic rings. The maximum Gasteiger partial charge on any atom is 0.0820 e. The first-order valence-electron chi connectivity index (χ1n) is 8.48. The molecule has 3 atom stereocenters. The van der Waals surface area contributed by atoms with Crippen LogP contribution < -0.4 is 5.32 Å². The van der Waals surface area contributed by atoms with E-state index in [9.17, 15) is 5.11 Å². The molecule has 2 aromatic carbocycles. The molecule has 3 rings (SSSR count). The van der Waals surface area contributed by atoms with Gasteiger partial charge in [0.1, 0.15) is 0 Å². The summed E-state index contributed by atoms with van der Waals surface area (Å²) in [6, 6.07) is 21.3. The van der Waals surface area contributed by atoms with Gasteiger partial charge in [-0.15, -0.1) is 0 Å². The number of aliphatic hydroxyl groups is 1. The number of β-amino-alcohol motifs (C(OH)–C–C–N with tert-alkyl or cyclic N) is 1. The predicted molar refractivity (Wildman–Crippen MR) is 94.1 cm³/mol. The Labute approximate surface area is 139 Å². The Morgan fingerprint density at radius 1 is 1.09 bits per heavy atom. The fraction of sp³-hybridized carbons (Fsp3) is 0.400. The summed E-state index contributed by atoms with van der Waals surface area (Å²) in [5, 5.41) is 14.1. The molecule has 3 heteroatoms. The Morgan fingerprint density at radius 2 is 1.74 bits per heavy atom. The van der Waals surface area contributed by atoms with Gasteiger partial charge in [-0.25, -0.2) is 0 Å². The minimum atomic E-state index is -0.321. The molecule has 0 spiro atoms. The number of rotatable bonds is 5. The maximum absolute atomic E-state index is 10.5. The van der Waals surface area contributed by atoms with Crippen molar-refractivity contribution in [2.24, 2.45) is 0 Å². The van der Waals surface area contributed by atoms with Crippen molar-refractivity contribution >= 4 is 0 Å². The third kappa shape index (κ3) is 4.41. The number of hydrogen-bond donors (Lipinski definition) is 2. The zero-order valence-corrected chi connectivity index (χ0v) is 13.7. The number of nitrogens with zero attached hydrogens (tertiary/aromatic N) is 1. The highest BCUT2D eigenvalue weighted by molar-refractivity contribution is 5.18. The van der Waals surface area contributed by atoms with E-state index in [1.54, 1.807) is 0 Å². The first kappa shape index (κ1) is 16.2. The van der Waals surface area contributed by atoms with E-state index in [0.717, 1.165) is 26.1 Å². The summed E-state index contributed by atoms with van der Waals surface area (Å²) in [6.45, 7) is 4.83. The molecule has 1 aliphatic heterocycles. The van der Waals surface area contributed by atoms with E-state index < -0.39 is 0 Å². The van der Waals surface area contributed by atoms with Crippen LogP contribution >= 0.6 is 0 Å². The average molecular weight is 310 g/mol. The minimum Gasteiger partial charge on any atom is -0.390 e. The van der Waals surface area contributed by atoms with Crippen molar-refractivity contribution in [3.8, 4) is 0 Å². The smallest absolute Gasteiger partial charge is 0.0820 e. The normalized spacial score (nSPS) is 23.6. The van der Waals surface area contributed by atoms with E-state index >= 15 is 0 Å². The molecule has 122 valence electrons. The van der Waals surface area contributed by atoms with Crippen molar-refractivity contribution in [3.05, 3.63) is 71.8 Å². The largest absolute Gasteiger partial charge is 0.390 e. The summed E-state index contributed by atoms with van der Waals surface area (Å²) in [5.74, 6) is 0. The van der Waals surface area contributed by atoms with E-state index in [-0.39, 0.29) is 18.2 Å². The fourth-order valence-electron chi connectivity index (χ4n) is 3.34. The number of benzene rings is 2. The SMILES string of the molecule is C[C@@H](NC1CCN(Cc2ccccc2)C[C@H]1O)c1ccccc1. The molecule has 0 radical (unpaired) electrons. The highest BCUT2D eigenvalue weighted by atomic mass is 16.3. The van der Waals surface area contributed by atoms with Crippen LogP contribution in [-0.2, 0) is 6.54 Å². The summed E-state index contributed by atoms with van der Waals surface area (Å²) in [6.07, 6.45) is 0.657. The quantitative estimate of drug-likeness (QED) is 0.891. The van der Waals surface area contributed by atoms with Gasteiger partial charge in [0.15, 0.2) is 0 Å². The van der Waals surface area contributed by atoms with Gasteiger partial charge < -0.3 is 10.4 Å². The van der Waals surface area contributed by atoms with Crippen LogP contribution in [0.2, 0.25) is 0 Å². The molecular weight excluding hydrogens is 284 g/mol. The monoisotopic (exact) mass is 310 g/mol. The highest BCUT2D eigenvalue weighted by Crippen LogP contribution is 2.19. The Kier molecular flexibility index (Phi) is 5.44. The average Bonchev–Trinajstić information content (AvgIpc) is 2.59. The molecule has 0 aliphatic carbocycles. The molecule has 0 amide bonds. The highest BCUT2D eigenvalue weighted by Gasteiger charge is 2.28. The predicted octanol–water partition coefficient (Wildman–Crippen LogP) is 2.97. The van der Waals surface area contributed by atoms with E-state index in [1.807, 2.05) is 12.1 Å². The molecule has 0 saturated carbocycles. The molecule has 0 bridgehead atoms. The molecule has 1 unspecified atom stereocenters. The second kappa shape index (κ2) is 7.73. The molecular formula is C20H26N2O. The lowest BCUT2D eigenvalue weighted by molar-refractivity contribution is 0.0336. The lowest BCUT2D eigenvalue weighted by Gasteiger charge is -2.37. The second-order valence-electron chi connectivity index (χ2n) is 6.48. The van der Waals surface area contributed by atoms with Crippen molar-refractivity contribution in [3.63, 3.8) is 0 Å². The van der Waals surface area contributed by atoms with Gasteiger partial charge in [0.2, 0.25) is 0 Å². The van der Waals surface area contributed by atoms with Gasteiger partial charge in [0, 0.05) is 31.7 Å². The van der Waals surface area contributed by atoms with Gasteiger partial charge in [0.05, 0.1) is 6.10 Å². The molecule has 1 fully saturated rings. The van der Waals surface area contributed by atoms with Crippen molar-refractivity contribution in [2.75, 3.05) is 13.1 Å². The first-order chi connectivity index (χ1) is 11.2. The number of nitrogens with one attached hydrogen (secondary N) is 1. The van der Waals surface area contributed by atoms with Crippen LogP contribution in [0.4, 0.5) is 0 Å². The van der Waals surface area contributed by atoms with Crippen molar-refractivity contribution in [1.29, 1.82) is 0 Å². The third-order valence-corrected chi connectivity index (χ3v) is 4.68. The lowest BCUT2D eigenvalue weighted by Crippen LogP contribution is -2.52. The Balaban J connectivity index is 1.52. The Hall–Kier alpha value is -1.68. The van der Waals surface area contributed by atoms with Gasteiger partial charge in [-0.1, -0.05) is 60.7 Å². The molecule has 3 nitrogen and oxygen atoms in total. The lowest BCUT2D eigenvalue weighted by atomic mass is 9.98. The number of piperidine rings is 1. The Morgan fingerprint density at radius 3 is 2.39 bits per heavy atom. The summed E-state index contributed by atoms with van der Waals surface area (Å²) < 4.78 is 0. The van der Waals surface area contributed by atoms with Crippen LogP contribution in [0.1, 0.15) is 30.5 Å². The van der Waals surface area contributed by atoms with E-state index in [0.29, 0.717) is 0 Å². The summed E-state index contributed by atoms with van der Waals surface area (Å²) >= 11 is 0. The molecule has 2 N–H and O–H groups in total. The van der Waals surface area contributed by atoms with E-state index in [4.69, 9.17) is 0 Å². The zero-order chi connectivity index (χ0) is 16.1. The summed E-state index contributed by atoms with van der Waals surface area (Å²) in [7, 11) is 0. The molecule has 0 aromatic heterocycles. The Bertz CT molecular complexity index is 587. The summed E-state index contributed by atoms with van der Waals surface area (Å²) in [5.41, 5.74) is 2.58. The van der Waals surface area contributed by atoms with Gasteiger partial charge in [-0.05, 0) is 24.5 Å². The van der Waals surface area contributed by atoms with Crippen molar-refractivity contribution in [2.45, 2.75) is 38.1 Å². The van der Waals surface area contributed by atoms with E-state index in [2.05, 4.69) is 65.7 Å². The van der Waals surface area contributed by atoms with Crippen LogP contribution in [0.15, 0.2) is 60.7 Å². The van der Waals surface area contributed by atoms with Gasteiger partial charge in [-0.2, -0.15) is 0 Å². The number of hydrogen-bond acceptors (Lipinski definition) is 3. The topological polar surface area (TPSA) is 35.5 Å². The minimum absolute atomic E-state index is 0.164. The molecule has 1 saturated heterocycles. The van der Waals surface area contributed by atoms with Crippen molar-refractivity contribution < 1.29 is 5.11 Å². The summed E-state index contributed by atoms with van der Waals surface area (Å²) in [4.78, 5) is 2.34. The third-order valence-electron chi connectivity index (χ3n) is 4.68. The maximum atomic E-state index is 10.5. The van der Waals surface area contributed by atoms with E-state index in [1.165, 1.54) is 11.1 Å². The van der Waals surface area contributed by atoms with Gasteiger partial charge >= 0.3 is 0 Å². The molecule has 23 heavy (non-hydrogen) atoms. The first-order valence-corrected chi connectivity index (χ1v) is 8.48. The van der Waals surface area contributed by atoms with Crippen LogP contribution in [0.5, 0.6) is 0 Å². The second-order valence-corrected chi connectivity index (χ2v) is 6.48. The molecule has 2 aromatic rings. The molecule has 1 heterocycles. The van der Waals surface area contributed by atoms with Crippen molar-refractivity contribution in [1.82, 2.24) is 10.2 Å². The standard InChI is InChI=1S/C20H26N2O/c1-16(18-10-6-3-7-11-18)21-19-12-13-22(15-20(19)23)14-17-8-4-2-5-9-17/h2-11,16,19-21,23H,12-15H2,1H3/t16-,19?,20-/m1/s1. The van der Waals surface area contributed by atoms with Crippen LogP contribution in [-0.4, -0.2) is 35.2 Å². The fourth-order valence-corrected chi connectivity index (χ4v) is 3.34. The number of likely N-dealkylation sites (tertiary alicyclic amines) is 1.